The highest BCUT2D eigenvalue weighted by Crippen LogP contribution is 2.19. The van der Waals surface area contributed by atoms with E-state index in [2.05, 4.69) is 10.3 Å². The van der Waals surface area contributed by atoms with Gasteiger partial charge in [-0.3, -0.25) is 4.79 Å². The van der Waals surface area contributed by atoms with Crippen LogP contribution in [-0.4, -0.2) is 30.0 Å². The molecule has 2 rings (SSSR count). The zero-order valence-electron chi connectivity index (χ0n) is 14.0. The minimum atomic E-state index is -0.692. The predicted molar refractivity (Wildman–Crippen MR) is 86.0 cm³/mol. The summed E-state index contributed by atoms with van der Waals surface area (Å²) in [4.78, 5) is 28.7. The van der Waals surface area contributed by atoms with Crippen LogP contribution in [0.1, 0.15) is 37.0 Å². The van der Waals surface area contributed by atoms with Gasteiger partial charge in [-0.15, -0.1) is 0 Å². The summed E-state index contributed by atoms with van der Waals surface area (Å²) in [5.41, 5.74) is 1.66. The molecule has 1 amide bonds. The SMILES string of the molecule is COC(=O)C(NC(=O)c1ccc2oc(C)nc2c1)C(C)C(C)C. The average molecular weight is 318 g/mol. The summed E-state index contributed by atoms with van der Waals surface area (Å²) >= 11 is 0. The molecule has 0 saturated carbocycles. The molecule has 0 aliphatic carbocycles. The Morgan fingerprint density at radius 2 is 1.96 bits per heavy atom. The molecule has 0 spiro atoms. The molecule has 0 aliphatic rings. The van der Waals surface area contributed by atoms with Crippen LogP contribution in [0, 0.1) is 18.8 Å². The van der Waals surface area contributed by atoms with E-state index >= 15 is 0 Å². The quantitative estimate of drug-likeness (QED) is 0.857. The number of nitrogens with one attached hydrogen (secondary N) is 1. The van der Waals surface area contributed by atoms with Crippen LogP contribution in [-0.2, 0) is 9.53 Å². The van der Waals surface area contributed by atoms with Crippen molar-refractivity contribution in [2.45, 2.75) is 33.7 Å². The molecule has 2 aromatic rings. The second kappa shape index (κ2) is 6.81. The summed E-state index contributed by atoms with van der Waals surface area (Å²) in [6.07, 6.45) is 0. The van der Waals surface area contributed by atoms with Gasteiger partial charge in [0.25, 0.3) is 5.91 Å². The molecule has 1 aromatic carbocycles. The third-order valence-electron chi connectivity index (χ3n) is 4.08. The van der Waals surface area contributed by atoms with Gasteiger partial charge in [-0.05, 0) is 30.0 Å². The van der Waals surface area contributed by atoms with Crippen molar-refractivity contribution in [3.63, 3.8) is 0 Å². The predicted octanol–water partition coefficient (Wildman–Crippen LogP) is 2.70. The minimum Gasteiger partial charge on any atom is -0.467 e. The number of carbonyl (C=O) groups excluding carboxylic acids is 2. The summed E-state index contributed by atoms with van der Waals surface area (Å²) in [5, 5.41) is 2.76. The molecule has 2 unspecified atom stereocenters. The van der Waals surface area contributed by atoms with Gasteiger partial charge in [0.15, 0.2) is 11.5 Å². The lowest BCUT2D eigenvalue weighted by molar-refractivity contribution is -0.144. The van der Waals surface area contributed by atoms with Crippen LogP contribution >= 0.6 is 0 Å². The minimum absolute atomic E-state index is 0.0515. The molecule has 124 valence electrons. The molecule has 0 fully saturated rings. The molecular weight excluding hydrogens is 296 g/mol. The Hall–Kier alpha value is -2.37. The van der Waals surface area contributed by atoms with Crippen molar-refractivity contribution in [3.8, 4) is 0 Å². The monoisotopic (exact) mass is 318 g/mol. The van der Waals surface area contributed by atoms with Crippen molar-refractivity contribution in [1.82, 2.24) is 10.3 Å². The van der Waals surface area contributed by atoms with Crippen LogP contribution < -0.4 is 5.32 Å². The second-order valence-corrected chi connectivity index (χ2v) is 5.99. The standard InChI is InChI=1S/C17H22N2O4/c1-9(2)10(3)15(17(21)22-5)19-16(20)12-6-7-14-13(8-12)18-11(4)23-14/h6-10,15H,1-5H3,(H,19,20). The molecule has 6 heteroatoms. The maximum absolute atomic E-state index is 12.5. The zero-order valence-corrected chi connectivity index (χ0v) is 14.0. The lowest BCUT2D eigenvalue weighted by atomic mass is 9.90. The van der Waals surface area contributed by atoms with E-state index in [0.29, 0.717) is 22.6 Å². The summed E-state index contributed by atoms with van der Waals surface area (Å²) in [6.45, 7) is 7.65. The van der Waals surface area contributed by atoms with Crippen LogP contribution in [0.4, 0.5) is 0 Å². The van der Waals surface area contributed by atoms with Crippen LogP contribution in [0.5, 0.6) is 0 Å². The molecule has 2 atom stereocenters. The zero-order chi connectivity index (χ0) is 17.1. The molecule has 23 heavy (non-hydrogen) atoms. The van der Waals surface area contributed by atoms with E-state index in [4.69, 9.17) is 9.15 Å². The van der Waals surface area contributed by atoms with E-state index in [0.717, 1.165) is 0 Å². The number of oxazole rings is 1. The number of rotatable bonds is 5. The second-order valence-electron chi connectivity index (χ2n) is 5.99. The number of esters is 1. The number of aryl methyl sites for hydroxylation is 1. The summed E-state index contributed by atoms with van der Waals surface area (Å²) in [5.74, 6) is -0.0729. The normalized spacial score (nSPS) is 13.8. The van der Waals surface area contributed by atoms with E-state index in [9.17, 15) is 9.59 Å². The molecule has 0 bridgehead atoms. The maximum atomic E-state index is 12.5. The highest BCUT2D eigenvalue weighted by atomic mass is 16.5. The van der Waals surface area contributed by atoms with Gasteiger partial charge < -0.3 is 14.5 Å². The van der Waals surface area contributed by atoms with Crippen molar-refractivity contribution in [3.05, 3.63) is 29.7 Å². The molecule has 1 heterocycles. The molecule has 6 nitrogen and oxygen atoms in total. The fraction of sp³-hybridized carbons (Fsp3) is 0.471. The van der Waals surface area contributed by atoms with Gasteiger partial charge in [0.2, 0.25) is 0 Å². The first-order valence-electron chi connectivity index (χ1n) is 7.59. The fourth-order valence-corrected chi connectivity index (χ4v) is 2.33. The Kier molecular flexibility index (Phi) is 5.03. The van der Waals surface area contributed by atoms with Crippen molar-refractivity contribution in [1.29, 1.82) is 0 Å². The van der Waals surface area contributed by atoms with Gasteiger partial charge in [0.05, 0.1) is 7.11 Å². The number of aromatic nitrogens is 1. The summed E-state index contributed by atoms with van der Waals surface area (Å²) < 4.78 is 10.2. The molecule has 0 radical (unpaired) electrons. The molecule has 0 aliphatic heterocycles. The lowest BCUT2D eigenvalue weighted by Crippen LogP contribution is -2.47. The Morgan fingerprint density at radius 1 is 1.26 bits per heavy atom. The summed E-state index contributed by atoms with van der Waals surface area (Å²) in [6, 6.07) is 4.30. The van der Waals surface area contributed by atoms with Gasteiger partial charge in [-0.2, -0.15) is 0 Å². The van der Waals surface area contributed by atoms with E-state index in [-0.39, 0.29) is 17.7 Å². The van der Waals surface area contributed by atoms with Gasteiger partial charge in [0.1, 0.15) is 11.6 Å². The van der Waals surface area contributed by atoms with Crippen molar-refractivity contribution >= 4 is 23.0 Å². The fourth-order valence-electron chi connectivity index (χ4n) is 2.33. The number of ether oxygens (including phenoxy) is 1. The number of fused-ring (bicyclic) bond motifs is 1. The Labute approximate surface area is 135 Å². The highest BCUT2D eigenvalue weighted by Gasteiger charge is 2.30. The van der Waals surface area contributed by atoms with E-state index < -0.39 is 12.0 Å². The van der Waals surface area contributed by atoms with Gasteiger partial charge >= 0.3 is 5.97 Å². The first-order chi connectivity index (χ1) is 10.8. The van der Waals surface area contributed by atoms with Crippen LogP contribution in [0.2, 0.25) is 0 Å². The third-order valence-corrected chi connectivity index (χ3v) is 4.08. The summed E-state index contributed by atoms with van der Waals surface area (Å²) in [7, 11) is 1.32. The number of hydrogen-bond donors (Lipinski definition) is 1. The van der Waals surface area contributed by atoms with E-state index in [1.165, 1.54) is 7.11 Å². The Bertz CT molecular complexity index is 720. The van der Waals surface area contributed by atoms with Crippen molar-refractivity contribution < 1.29 is 18.7 Å². The number of hydrogen-bond acceptors (Lipinski definition) is 5. The molecular formula is C17H22N2O4. The van der Waals surface area contributed by atoms with E-state index in [1.807, 2.05) is 20.8 Å². The van der Waals surface area contributed by atoms with E-state index in [1.54, 1.807) is 25.1 Å². The smallest absolute Gasteiger partial charge is 0.328 e. The lowest BCUT2D eigenvalue weighted by Gasteiger charge is -2.25. The highest BCUT2D eigenvalue weighted by molar-refractivity contribution is 5.99. The molecule has 1 aromatic heterocycles. The largest absolute Gasteiger partial charge is 0.467 e. The topological polar surface area (TPSA) is 81.4 Å². The number of methoxy groups -OCH3 is 1. The van der Waals surface area contributed by atoms with Crippen LogP contribution in [0.3, 0.4) is 0 Å². The van der Waals surface area contributed by atoms with Gasteiger partial charge in [-0.25, -0.2) is 9.78 Å². The number of nitrogens with zero attached hydrogens (tertiary/aromatic N) is 1. The molecule has 0 saturated heterocycles. The number of amides is 1. The van der Waals surface area contributed by atoms with Gasteiger partial charge in [0, 0.05) is 12.5 Å². The van der Waals surface area contributed by atoms with Gasteiger partial charge in [-0.1, -0.05) is 20.8 Å². The first kappa shape index (κ1) is 17.0. The van der Waals surface area contributed by atoms with Crippen molar-refractivity contribution in [2.75, 3.05) is 7.11 Å². The van der Waals surface area contributed by atoms with Crippen LogP contribution in [0.25, 0.3) is 11.1 Å². The number of benzene rings is 1. The maximum Gasteiger partial charge on any atom is 0.328 e. The first-order valence-corrected chi connectivity index (χ1v) is 7.59. The van der Waals surface area contributed by atoms with Crippen LogP contribution in [0.15, 0.2) is 22.6 Å². The Balaban J connectivity index is 2.23. The van der Waals surface area contributed by atoms with Crippen molar-refractivity contribution in [2.24, 2.45) is 11.8 Å². The average Bonchev–Trinajstić information content (AvgIpc) is 2.89. The number of carbonyl (C=O) groups is 2. The Morgan fingerprint density at radius 3 is 2.57 bits per heavy atom. The third kappa shape index (κ3) is 3.70. The molecule has 1 N–H and O–H groups in total.